The normalized spacial score (nSPS) is 41.6. The molecule has 114 valence electrons. The second kappa shape index (κ2) is 5.13. The molecule has 9 nitrogen and oxygen atoms in total. The number of aliphatic carboxylic acids is 1. The van der Waals surface area contributed by atoms with Gasteiger partial charge in [0.25, 0.3) is 5.67 Å². The van der Waals surface area contributed by atoms with Crippen molar-refractivity contribution in [3.63, 3.8) is 0 Å². The van der Waals surface area contributed by atoms with Crippen molar-refractivity contribution in [2.45, 2.75) is 36.8 Å². The third-order valence-corrected chi connectivity index (χ3v) is 3.43. The highest BCUT2D eigenvalue weighted by atomic mass is 19.1. The van der Waals surface area contributed by atoms with Crippen LogP contribution in [-0.4, -0.2) is 80.8 Å². The maximum Gasteiger partial charge on any atom is 0.349 e. The van der Waals surface area contributed by atoms with Crippen LogP contribution >= 0.6 is 0 Å². The Kier molecular flexibility index (Phi) is 3.82. The summed E-state index contributed by atoms with van der Waals surface area (Å²) in [5.74, 6) is -2.00. The second-order valence-corrected chi connectivity index (χ2v) is 4.67. The average molecular weight is 294 g/mol. The summed E-state index contributed by atoms with van der Waals surface area (Å²) in [7, 11) is 0. The van der Waals surface area contributed by atoms with Crippen molar-refractivity contribution >= 4 is 12.0 Å². The first-order chi connectivity index (χ1) is 9.32. The number of rotatable bonds is 3. The summed E-state index contributed by atoms with van der Waals surface area (Å²) < 4.78 is 19.6. The van der Waals surface area contributed by atoms with E-state index in [0.717, 1.165) is 4.90 Å². The first-order valence-electron chi connectivity index (χ1n) is 5.94. The van der Waals surface area contributed by atoms with Crippen molar-refractivity contribution in [2.75, 3.05) is 13.2 Å². The topological polar surface area (TPSA) is 140 Å². The van der Waals surface area contributed by atoms with E-state index in [0.29, 0.717) is 0 Å². The molecule has 0 aromatic carbocycles. The van der Waals surface area contributed by atoms with Crippen molar-refractivity contribution in [2.24, 2.45) is 0 Å². The Balaban J connectivity index is 2.29. The fourth-order valence-corrected chi connectivity index (χ4v) is 2.32. The van der Waals surface area contributed by atoms with Gasteiger partial charge in [-0.3, -0.25) is 4.90 Å². The number of carboxylic acids is 1. The molecule has 2 aliphatic rings. The molecule has 0 bridgehead atoms. The van der Waals surface area contributed by atoms with Crippen LogP contribution in [0.1, 0.15) is 6.42 Å². The van der Waals surface area contributed by atoms with E-state index in [1.54, 1.807) is 0 Å². The Hall–Kier alpha value is -1.49. The van der Waals surface area contributed by atoms with Crippen LogP contribution < -0.4 is 5.32 Å². The maximum atomic E-state index is 14.6. The number of nitrogens with one attached hydrogen (secondary N) is 1. The van der Waals surface area contributed by atoms with E-state index < -0.39 is 48.9 Å². The van der Waals surface area contributed by atoms with Crippen molar-refractivity contribution in [1.29, 1.82) is 0 Å². The number of aliphatic hydroxyl groups is 3. The minimum atomic E-state index is -3.26. The van der Waals surface area contributed by atoms with E-state index in [-0.39, 0.29) is 13.0 Å². The van der Waals surface area contributed by atoms with Gasteiger partial charge in [0, 0.05) is 13.0 Å². The van der Waals surface area contributed by atoms with Gasteiger partial charge in [-0.25, -0.2) is 14.0 Å². The standard InChI is InChI=1S/C10H15FN2O7/c11-10(8(17)18)6(16)4(3-14)20-7(10)13-2-1-5(15)12-9(13)19/h4-7,14-16H,1-3H2,(H,12,19)(H,17,18)/t4-,5?,6-,7-,10+/m1/s1. The fraction of sp³-hybridized carbons (Fsp3) is 0.800. The monoisotopic (exact) mass is 294 g/mol. The molecule has 2 aliphatic heterocycles. The summed E-state index contributed by atoms with van der Waals surface area (Å²) in [4.78, 5) is 23.5. The van der Waals surface area contributed by atoms with Gasteiger partial charge in [-0.15, -0.1) is 0 Å². The number of nitrogens with zero attached hydrogens (tertiary/aromatic N) is 1. The SMILES string of the molecule is O=C1NC(O)CCN1[C@@H]1O[C@H](CO)[C@@H](O)[C@@]1(F)C(=O)O. The Labute approximate surface area is 112 Å². The molecule has 2 saturated heterocycles. The highest BCUT2D eigenvalue weighted by molar-refractivity contribution is 5.82. The largest absolute Gasteiger partial charge is 0.479 e. The van der Waals surface area contributed by atoms with E-state index in [1.807, 2.05) is 0 Å². The third kappa shape index (κ3) is 2.10. The lowest BCUT2D eigenvalue weighted by molar-refractivity contribution is -0.168. The van der Waals surface area contributed by atoms with Crippen LogP contribution in [0.2, 0.25) is 0 Å². The minimum absolute atomic E-state index is 0.0428. The van der Waals surface area contributed by atoms with Gasteiger partial charge in [0.05, 0.1) is 6.61 Å². The molecule has 0 saturated carbocycles. The minimum Gasteiger partial charge on any atom is -0.479 e. The molecule has 2 rings (SSSR count). The molecule has 2 heterocycles. The molecule has 5 atom stereocenters. The van der Waals surface area contributed by atoms with Gasteiger partial charge in [0.15, 0.2) is 6.23 Å². The van der Waals surface area contributed by atoms with E-state index in [1.165, 1.54) is 0 Å². The van der Waals surface area contributed by atoms with Crippen molar-refractivity contribution in [3.05, 3.63) is 0 Å². The van der Waals surface area contributed by atoms with Crippen LogP contribution in [0.15, 0.2) is 0 Å². The van der Waals surface area contributed by atoms with Gasteiger partial charge < -0.3 is 30.5 Å². The first kappa shape index (κ1) is 14.9. The zero-order valence-corrected chi connectivity index (χ0v) is 10.3. The molecule has 5 N–H and O–H groups in total. The molecule has 2 amide bonds. The number of carboxylic acid groups (broad SMARTS) is 1. The van der Waals surface area contributed by atoms with Crippen LogP contribution in [0, 0.1) is 0 Å². The van der Waals surface area contributed by atoms with Crippen LogP contribution in [0.4, 0.5) is 9.18 Å². The molecular weight excluding hydrogens is 279 g/mol. The zero-order chi connectivity index (χ0) is 15.1. The summed E-state index contributed by atoms with van der Waals surface area (Å²) in [6.07, 6.45) is -6.53. The number of ether oxygens (including phenoxy) is 1. The Morgan fingerprint density at radius 2 is 2.20 bits per heavy atom. The Bertz CT molecular complexity index is 422. The highest BCUT2D eigenvalue weighted by Crippen LogP contribution is 2.37. The maximum absolute atomic E-state index is 14.6. The van der Waals surface area contributed by atoms with Gasteiger partial charge >= 0.3 is 12.0 Å². The first-order valence-corrected chi connectivity index (χ1v) is 5.94. The Morgan fingerprint density at radius 3 is 2.70 bits per heavy atom. The van der Waals surface area contributed by atoms with Crippen molar-refractivity contribution in [1.82, 2.24) is 10.2 Å². The lowest BCUT2D eigenvalue weighted by Gasteiger charge is -2.37. The smallest absolute Gasteiger partial charge is 0.349 e. The number of aliphatic hydroxyl groups excluding tert-OH is 3. The van der Waals surface area contributed by atoms with Crippen LogP contribution in [0.5, 0.6) is 0 Å². The molecule has 0 radical (unpaired) electrons. The average Bonchev–Trinajstić information content (AvgIpc) is 2.64. The number of amides is 2. The lowest BCUT2D eigenvalue weighted by atomic mass is 9.95. The lowest BCUT2D eigenvalue weighted by Crippen LogP contribution is -2.63. The summed E-state index contributed by atoms with van der Waals surface area (Å²) in [5, 5.41) is 39.0. The number of urea groups is 1. The predicted octanol–water partition coefficient (Wildman–Crippen LogP) is -2.41. The van der Waals surface area contributed by atoms with E-state index in [4.69, 9.17) is 14.9 Å². The molecule has 0 aromatic heterocycles. The van der Waals surface area contributed by atoms with Gasteiger partial charge in [-0.2, -0.15) is 0 Å². The molecule has 0 spiro atoms. The second-order valence-electron chi connectivity index (χ2n) is 4.67. The molecule has 0 aromatic rings. The van der Waals surface area contributed by atoms with Crippen LogP contribution in [0.25, 0.3) is 0 Å². The number of carbonyl (C=O) groups is 2. The summed E-state index contributed by atoms with van der Waals surface area (Å²) in [6, 6.07) is -0.914. The zero-order valence-electron chi connectivity index (χ0n) is 10.3. The van der Waals surface area contributed by atoms with Gasteiger partial charge in [0.1, 0.15) is 18.4 Å². The van der Waals surface area contributed by atoms with Gasteiger partial charge in [-0.05, 0) is 0 Å². The number of carbonyl (C=O) groups excluding carboxylic acids is 1. The third-order valence-electron chi connectivity index (χ3n) is 3.43. The molecule has 10 heteroatoms. The van der Waals surface area contributed by atoms with E-state index in [2.05, 4.69) is 5.32 Å². The summed E-state index contributed by atoms with van der Waals surface area (Å²) in [5.41, 5.74) is -3.26. The fourth-order valence-electron chi connectivity index (χ4n) is 2.32. The molecule has 20 heavy (non-hydrogen) atoms. The number of halogens is 1. The summed E-state index contributed by atoms with van der Waals surface area (Å²) >= 11 is 0. The molecule has 2 fully saturated rings. The molecule has 0 aliphatic carbocycles. The molecule has 1 unspecified atom stereocenters. The van der Waals surface area contributed by atoms with E-state index >= 15 is 0 Å². The highest BCUT2D eigenvalue weighted by Gasteiger charge is 2.65. The number of hydrogen-bond acceptors (Lipinski definition) is 6. The molecular formula is C10H15FN2O7. The Morgan fingerprint density at radius 1 is 1.55 bits per heavy atom. The van der Waals surface area contributed by atoms with Crippen molar-refractivity contribution < 1.29 is 39.1 Å². The number of alkyl halides is 1. The van der Waals surface area contributed by atoms with E-state index in [9.17, 15) is 24.2 Å². The van der Waals surface area contributed by atoms with Gasteiger partial charge in [-0.1, -0.05) is 0 Å². The van der Waals surface area contributed by atoms with Crippen LogP contribution in [0.3, 0.4) is 0 Å². The quantitative estimate of drug-likeness (QED) is 0.390. The van der Waals surface area contributed by atoms with Gasteiger partial charge in [0.2, 0.25) is 0 Å². The predicted molar refractivity (Wildman–Crippen MR) is 59.1 cm³/mol. The number of hydrogen-bond donors (Lipinski definition) is 5. The van der Waals surface area contributed by atoms with Crippen LogP contribution in [-0.2, 0) is 9.53 Å². The van der Waals surface area contributed by atoms with Crippen molar-refractivity contribution in [3.8, 4) is 0 Å². The summed E-state index contributed by atoms with van der Waals surface area (Å²) in [6.45, 7) is -0.948.